The first-order valence-corrected chi connectivity index (χ1v) is 8.79. The van der Waals surface area contributed by atoms with Crippen LogP contribution in [-0.2, 0) is 4.79 Å². The van der Waals surface area contributed by atoms with Crippen molar-refractivity contribution in [3.63, 3.8) is 0 Å². The average Bonchev–Trinajstić information content (AvgIpc) is 2.70. The molecular formula is C20H23FN6O2. The van der Waals surface area contributed by atoms with Gasteiger partial charge in [-0.05, 0) is 38.1 Å². The van der Waals surface area contributed by atoms with Crippen LogP contribution in [0.2, 0.25) is 0 Å². The van der Waals surface area contributed by atoms with Gasteiger partial charge in [0.15, 0.2) is 5.82 Å². The summed E-state index contributed by atoms with van der Waals surface area (Å²) in [5, 5.41) is 8.08. The number of pyridine rings is 1. The molecule has 2 rings (SSSR count). The van der Waals surface area contributed by atoms with Crippen molar-refractivity contribution in [3.05, 3.63) is 65.5 Å². The molecular weight excluding hydrogens is 375 g/mol. The van der Waals surface area contributed by atoms with Crippen molar-refractivity contribution >= 4 is 29.4 Å². The van der Waals surface area contributed by atoms with Crippen LogP contribution >= 0.6 is 0 Å². The largest absolute Gasteiger partial charge is 0.403 e. The minimum Gasteiger partial charge on any atom is -0.403 e. The van der Waals surface area contributed by atoms with E-state index in [2.05, 4.69) is 25.9 Å². The van der Waals surface area contributed by atoms with Crippen LogP contribution in [0.5, 0.6) is 0 Å². The number of allylic oxidation sites excluding steroid dienone is 1. The molecule has 0 aliphatic rings. The van der Waals surface area contributed by atoms with Gasteiger partial charge in [0.2, 0.25) is 5.91 Å². The number of hydrogen-bond acceptors (Lipinski definition) is 6. The van der Waals surface area contributed by atoms with Gasteiger partial charge < -0.3 is 21.7 Å². The van der Waals surface area contributed by atoms with Crippen LogP contribution in [0, 0.1) is 12.7 Å². The Labute approximate surface area is 168 Å². The van der Waals surface area contributed by atoms with E-state index < -0.39 is 23.7 Å². The molecule has 1 heterocycles. The zero-order chi connectivity index (χ0) is 21.4. The normalized spacial score (nSPS) is 12.5. The minimum atomic E-state index is -0.820. The van der Waals surface area contributed by atoms with Crippen LogP contribution in [0.15, 0.2) is 53.4 Å². The van der Waals surface area contributed by atoms with E-state index in [9.17, 15) is 14.0 Å². The third-order valence-electron chi connectivity index (χ3n) is 3.85. The van der Waals surface area contributed by atoms with E-state index >= 15 is 0 Å². The molecule has 0 saturated carbocycles. The molecule has 1 aromatic heterocycles. The average molecular weight is 398 g/mol. The number of benzene rings is 1. The summed E-state index contributed by atoms with van der Waals surface area (Å²) in [4.78, 5) is 32.3. The molecule has 1 unspecified atom stereocenters. The number of carbonyl (C=O) groups excluding carboxylic acids is 2. The van der Waals surface area contributed by atoms with Gasteiger partial charge in [-0.3, -0.25) is 19.6 Å². The Kier molecular flexibility index (Phi) is 7.41. The van der Waals surface area contributed by atoms with Crippen molar-refractivity contribution in [2.75, 3.05) is 12.4 Å². The molecule has 9 heteroatoms. The summed E-state index contributed by atoms with van der Waals surface area (Å²) in [5.74, 6) is -1.40. The van der Waals surface area contributed by atoms with E-state index in [-0.39, 0.29) is 5.69 Å². The van der Waals surface area contributed by atoms with Crippen LogP contribution in [-0.4, -0.2) is 36.1 Å². The van der Waals surface area contributed by atoms with Crippen molar-refractivity contribution in [1.29, 1.82) is 0 Å². The summed E-state index contributed by atoms with van der Waals surface area (Å²) < 4.78 is 13.9. The van der Waals surface area contributed by atoms with Gasteiger partial charge in [-0.1, -0.05) is 6.07 Å². The number of amides is 2. The molecule has 0 aliphatic heterocycles. The maximum Gasteiger partial charge on any atom is 0.251 e. The second-order valence-corrected chi connectivity index (χ2v) is 6.21. The number of nitrogens with zero attached hydrogens (tertiary/aromatic N) is 2. The van der Waals surface area contributed by atoms with E-state index in [1.54, 1.807) is 51.2 Å². The second kappa shape index (κ2) is 9.98. The molecule has 1 aromatic carbocycles. The number of aliphatic imine (C=N–C) groups is 1. The van der Waals surface area contributed by atoms with Crippen molar-refractivity contribution < 1.29 is 14.0 Å². The van der Waals surface area contributed by atoms with Gasteiger partial charge >= 0.3 is 0 Å². The van der Waals surface area contributed by atoms with Crippen LogP contribution < -0.4 is 21.7 Å². The summed E-state index contributed by atoms with van der Waals surface area (Å²) in [6, 6.07) is 7.25. The Balaban J connectivity index is 2.07. The molecule has 0 spiro atoms. The second-order valence-electron chi connectivity index (χ2n) is 6.21. The highest BCUT2D eigenvalue weighted by molar-refractivity contribution is 5.99. The number of aromatic nitrogens is 1. The predicted octanol–water partition coefficient (Wildman–Crippen LogP) is 2.01. The molecule has 0 aliphatic carbocycles. The smallest absolute Gasteiger partial charge is 0.251 e. The zero-order valence-electron chi connectivity index (χ0n) is 16.4. The number of hydrogen-bond donors (Lipinski definition) is 4. The summed E-state index contributed by atoms with van der Waals surface area (Å²) in [6.07, 6.45) is 3.72. The van der Waals surface area contributed by atoms with Gasteiger partial charge in [-0.2, -0.15) is 0 Å². The van der Waals surface area contributed by atoms with E-state index in [4.69, 9.17) is 5.73 Å². The van der Waals surface area contributed by atoms with E-state index in [0.29, 0.717) is 22.6 Å². The fraction of sp³-hybridized carbons (Fsp3) is 0.200. The lowest BCUT2D eigenvalue weighted by atomic mass is 10.1. The summed E-state index contributed by atoms with van der Waals surface area (Å²) in [7, 11) is 1.54. The van der Waals surface area contributed by atoms with Crippen molar-refractivity contribution in [3.8, 4) is 0 Å². The molecule has 152 valence electrons. The van der Waals surface area contributed by atoms with Crippen LogP contribution in [0.3, 0.4) is 0 Å². The first-order chi connectivity index (χ1) is 13.8. The predicted molar refractivity (Wildman–Crippen MR) is 110 cm³/mol. The quantitative estimate of drug-likeness (QED) is 0.532. The monoisotopic (exact) mass is 398 g/mol. The third-order valence-corrected chi connectivity index (χ3v) is 3.85. The highest BCUT2D eigenvalue weighted by Crippen LogP contribution is 2.21. The molecule has 0 radical (unpaired) electrons. The number of carbonyl (C=O) groups is 2. The molecule has 0 bridgehead atoms. The Hall–Kier alpha value is -3.75. The Bertz CT molecular complexity index is 958. The molecule has 2 aromatic rings. The van der Waals surface area contributed by atoms with Crippen LogP contribution in [0.1, 0.15) is 23.0 Å². The van der Waals surface area contributed by atoms with Gasteiger partial charge in [-0.25, -0.2) is 4.39 Å². The highest BCUT2D eigenvalue weighted by atomic mass is 19.1. The number of nitrogens with one attached hydrogen (secondary N) is 3. The SMILES string of the molecule is CN=C/C(=C\N)NC(=O)C(C)NC(=O)c1cccc(Nc2cc(C)ncc2F)c1. The number of halogens is 1. The van der Waals surface area contributed by atoms with Crippen LogP contribution in [0.4, 0.5) is 15.8 Å². The lowest BCUT2D eigenvalue weighted by Gasteiger charge is -2.15. The highest BCUT2D eigenvalue weighted by Gasteiger charge is 2.17. The minimum absolute atomic E-state index is 0.251. The van der Waals surface area contributed by atoms with E-state index in [0.717, 1.165) is 6.20 Å². The van der Waals surface area contributed by atoms with Crippen molar-refractivity contribution in [1.82, 2.24) is 15.6 Å². The number of aryl methyl sites for hydroxylation is 1. The lowest BCUT2D eigenvalue weighted by Crippen LogP contribution is -2.44. The first kappa shape index (κ1) is 21.5. The van der Waals surface area contributed by atoms with E-state index in [1.165, 1.54) is 12.4 Å². The van der Waals surface area contributed by atoms with Crippen LogP contribution in [0.25, 0.3) is 0 Å². The standard InChI is InChI=1S/C20H23FN6O2/c1-12-7-18(17(21)11-24-12)26-15-6-4-5-14(8-15)20(29)25-13(2)19(28)27-16(9-22)10-23-3/h4-11,13H,22H2,1-3H3,(H,24,26)(H,25,29)(H,27,28)/b16-9+,23-10?. The van der Waals surface area contributed by atoms with Crippen molar-refractivity contribution in [2.45, 2.75) is 19.9 Å². The molecule has 29 heavy (non-hydrogen) atoms. The summed E-state index contributed by atoms with van der Waals surface area (Å²) >= 11 is 0. The van der Waals surface area contributed by atoms with E-state index in [1.807, 2.05) is 0 Å². The van der Waals surface area contributed by atoms with Crippen molar-refractivity contribution in [2.24, 2.45) is 10.7 Å². The molecule has 0 saturated heterocycles. The maximum absolute atomic E-state index is 13.9. The first-order valence-electron chi connectivity index (χ1n) is 8.79. The van der Waals surface area contributed by atoms with Gasteiger partial charge in [0, 0.05) is 36.4 Å². The molecule has 8 nitrogen and oxygen atoms in total. The number of rotatable bonds is 7. The molecule has 0 fully saturated rings. The molecule has 2 amide bonds. The fourth-order valence-electron chi connectivity index (χ4n) is 2.38. The number of nitrogens with two attached hydrogens (primary N) is 1. The summed E-state index contributed by atoms with van der Waals surface area (Å²) in [6.45, 7) is 3.29. The third kappa shape index (κ3) is 6.13. The topological polar surface area (TPSA) is 121 Å². The number of anilines is 2. The Morgan fingerprint density at radius 2 is 2.07 bits per heavy atom. The Morgan fingerprint density at radius 3 is 2.76 bits per heavy atom. The van der Waals surface area contributed by atoms with Gasteiger partial charge in [0.05, 0.1) is 17.6 Å². The lowest BCUT2D eigenvalue weighted by molar-refractivity contribution is -0.121. The van der Waals surface area contributed by atoms with Gasteiger partial charge in [-0.15, -0.1) is 0 Å². The summed E-state index contributed by atoms with van der Waals surface area (Å²) in [5.41, 5.74) is 7.46. The zero-order valence-corrected chi connectivity index (χ0v) is 16.4. The van der Waals surface area contributed by atoms with Gasteiger partial charge in [0.1, 0.15) is 6.04 Å². The molecule has 5 N–H and O–H groups in total. The Morgan fingerprint density at radius 1 is 1.31 bits per heavy atom. The van der Waals surface area contributed by atoms with Gasteiger partial charge in [0.25, 0.3) is 5.91 Å². The fourth-order valence-corrected chi connectivity index (χ4v) is 2.38. The maximum atomic E-state index is 13.9. The molecule has 1 atom stereocenters.